The highest BCUT2D eigenvalue weighted by Gasteiger charge is 2.23. The second-order valence-corrected chi connectivity index (χ2v) is 6.46. The van der Waals surface area contributed by atoms with Gasteiger partial charge in [-0.15, -0.1) is 0 Å². The van der Waals surface area contributed by atoms with Crippen molar-refractivity contribution in [1.82, 2.24) is 10.6 Å². The maximum absolute atomic E-state index is 11.8. The molecule has 0 aromatic carbocycles. The summed E-state index contributed by atoms with van der Waals surface area (Å²) in [5, 5.41) is 14.5. The van der Waals surface area contributed by atoms with Gasteiger partial charge in [-0.25, -0.2) is 4.79 Å². The molecule has 3 N–H and O–H groups in total. The fraction of sp³-hybridized carbons (Fsp3) is 0.867. The fourth-order valence-electron chi connectivity index (χ4n) is 1.83. The van der Waals surface area contributed by atoms with Crippen molar-refractivity contribution in [2.75, 3.05) is 6.54 Å². The first-order valence-electron chi connectivity index (χ1n) is 7.42. The highest BCUT2D eigenvalue weighted by atomic mass is 16.4. The number of carbonyl (C=O) groups excluding carboxylic acids is 1. The number of carboxylic acid groups (broad SMARTS) is 1. The van der Waals surface area contributed by atoms with Gasteiger partial charge in [0, 0.05) is 18.5 Å². The summed E-state index contributed by atoms with van der Waals surface area (Å²) in [6.45, 7) is 10.7. The van der Waals surface area contributed by atoms with Crippen LogP contribution in [0.25, 0.3) is 0 Å². The van der Waals surface area contributed by atoms with Crippen molar-refractivity contribution in [2.24, 2.45) is 5.41 Å². The molecular weight excluding hydrogens is 256 g/mol. The molecule has 0 bridgehead atoms. The van der Waals surface area contributed by atoms with Crippen LogP contribution in [0.1, 0.15) is 66.7 Å². The molecule has 0 spiro atoms. The lowest BCUT2D eigenvalue weighted by atomic mass is 9.84. The smallest absolute Gasteiger partial charge is 0.315 e. The zero-order valence-corrected chi connectivity index (χ0v) is 13.5. The van der Waals surface area contributed by atoms with E-state index >= 15 is 0 Å². The van der Waals surface area contributed by atoms with Crippen molar-refractivity contribution in [3.63, 3.8) is 0 Å². The van der Waals surface area contributed by atoms with Crippen LogP contribution < -0.4 is 10.6 Å². The molecule has 0 aliphatic heterocycles. The first-order chi connectivity index (χ1) is 9.14. The molecule has 20 heavy (non-hydrogen) atoms. The zero-order chi connectivity index (χ0) is 15.8. The van der Waals surface area contributed by atoms with Gasteiger partial charge < -0.3 is 15.7 Å². The van der Waals surface area contributed by atoms with Crippen LogP contribution in [-0.4, -0.2) is 29.2 Å². The molecule has 0 atom stereocenters. The van der Waals surface area contributed by atoms with Gasteiger partial charge >= 0.3 is 12.0 Å². The topological polar surface area (TPSA) is 78.4 Å². The third-order valence-corrected chi connectivity index (χ3v) is 4.08. The Morgan fingerprint density at radius 1 is 1.05 bits per heavy atom. The molecule has 0 saturated heterocycles. The Balaban J connectivity index is 4.05. The van der Waals surface area contributed by atoms with E-state index in [-0.39, 0.29) is 23.4 Å². The first kappa shape index (κ1) is 18.7. The van der Waals surface area contributed by atoms with Crippen molar-refractivity contribution in [3.8, 4) is 0 Å². The maximum Gasteiger partial charge on any atom is 0.315 e. The molecular formula is C15H30N2O3. The lowest BCUT2D eigenvalue weighted by Gasteiger charge is -2.29. The molecule has 5 heteroatoms. The molecule has 0 aliphatic rings. The SMILES string of the molecule is CCC(C)(CC)NC(=O)NCCC(C)(C)CCC(=O)O. The normalized spacial score (nSPS) is 12.1. The average Bonchev–Trinajstić information content (AvgIpc) is 2.36. The number of aliphatic carboxylic acids is 1. The largest absolute Gasteiger partial charge is 0.481 e. The van der Waals surface area contributed by atoms with Crippen LogP contribution in [0.15, 0.2) is 0 Å². The van der Waals surface area contributed by atoms with Crippen LogP contribution in [0, 0.1) is 5.41 Å². The van der Waals surface area contributed by atoms with E-state index in [4.69, 9.17) is 5.11 Å². The van der Waals surface area contributed by atoms with Crippen LogP contribution in [0.5, 0.6) is 0 Å². The Morgan fingerprint density at radius 3 is 2.05 bits per heavy atom. The molecule has 118 valence electrons. The summed E-state index contributed by atoms with van der Waals surface area (Å²) in [6.07, 6.45) is 3.33. The quantitative estimate of drug-likeness (QED) is 0.609. The van der Waals surface area contributed by atoms with Gasteiger partial charge in [-0.3, -0.25) is 4.79 Å². The van der Waals surface area contributed by atoms with E-state index in [1.165, 1.54) is 0 Å². The standard InChI is InChI=1S/C15H30N2O3/c1-6-15(5,7-2)17-13(20)16-11-10-14(3,4)9-8-12(18)19/h6-11H2,1-5H3,(H,18,19)(H2,16,17,20). The first-order valence-corrected chi connectivity index (χ1v) is 7.42. The number of carbonyl (C=O) groups is 2. The molecule has 0 aromatic heterocycles. The third kappa shape index (κ3) is 8.02. The second-order valence-electron chi connectivity index (χ2n) is 6.46. The summed E-state index contributed by atoms with van der Waals surface area (Å²) < 4.78 is 0. The summed E-state index contributed by atoms with van der Waals surface area (Å²) >= 11 is 0. The monoisotopic (exact) mass is 286 g/mol. The van der Waals surface area contributed by atoms with E-state index < -0.39 is 5.97 Å². The molecule has 0 aromatic rings. The number of hydrogen-bond donors (Lipinski definition) is 3. The van der Waals surface area contributed by atoms with Gasteiger partial charge in [0.25, 0.3) is 0 Å². The number of rotatable bonds is 9. The lowest BCUT2D eigenvalue weighted by molar-refractivity contribution is -0.137. The van der Waals surface area contributed by atoms with E-state index in [9.17, 15) is 9.59 Å². The maximum atomic E-state index is 11.8. The molecule has 0 fully saturated rings. The van der Waals surface area contributed by atoms with E-state index in [0.717, 1.165) is 19.3 Å². The van der Waals surface area contributed by atoms with Gasteiger partial charge in [-0.05, 0) is 38.0 Å². The minimum Gasteiger partial charge on any atom is -0.481 e. The zero-order valence-electron chi connectivity index (χ0n) is 13.5. The molecule has 0 unspecified atom stereocenters. The van der Waals surface area contributed by atoms with Gasteiger partial charge in [0.2, 0.25) is 0 Å². The number of urea groups is 1. The molecule has 2 amide bonds. The van der Waals surface area contributed by atoms with Crippen LogP contribution in [-0.2, 0) is 4.79 Å². The Labute approximate surface area is 122 Å². The molecule has 0 aliphatic carbocycles. The van der Waals surface area contributed by atoms with Crippen molar-refractivity contribution < 1.29 is 14.7 Å². The Hall–Kier alpha value is -1.26. The van der Waals surface area contributed by atoms with Gasteiger partial charge in [-0.2, -0.15) is 0 Å². The van der Waals surface area contributed by atoms with Gasteiger partial charge in [0.15, 0.2) is 0 Å². The summed E-state index contributed by atoms with van der Waals surface area (Å²) in [7, 11) is 0. The van der Waals surface area contributed by atoms with Crippen molar-refractivity contribution >= 4 is 12.0 Å². The Kier molecular flexibility index (Phi) is 7.61. The second kappa shape index (κ2) is 8.12. The highest BCUT2D eigenvalue weighted by Crippen LogP contribution is 2.26. The number of hydrogen-bond acceptors (Lipinski definition) is 2. The number of nitrogens with one attached hydrogen (secondary N) is 2. The van der Waals surface area contributed by atoms with Crippen molar-refractivity contribution in [3.05, 3.63) is 0 Å². The number of carboxylic acids is 1. The molecule has 0 rings (SSSR count). The fourth-order valence-corrected chi connectivity index (χ4v) is 1.83. The van der Waals surface area contributed by atoms with E-state index in [2.05, 4.69) is 24.5 Å². The summed E-state index contributed by atoms with van der Waals surface area (Å²) in [4.78, 5) is 22.4. The van der Waals surface area contributed by atoms with Crippen molar-refractivity contribution in [2.45, 2.75) is 72.3 Å². The van der Waals surface area contributed by atoms with Gasteiger partial charge in [0.05, 0.1) is 0 Å². The summed E-state index contributed by atoms with van der Waals surface area (Å²) in [6, 6.07) is -0.148. The lowest BCUT2D eigenvalue weighted by Crippen LogP contribution is -2.50. The molecule has 5 nitrogen and oxygen atoms in total. The predicted octanol–water partition coefficient (Wildman–Crippen LogP) is 3.15. The van der Waals surface area contributed by atoms with Crippen LogP contribution in [0.3, 0.4) is 0 Å². The van der Waals surface area contributed by atoms with E-state index in [1.54, 1.807) is 0 Å². The number of amides is 2. The summed E-state index contributed by atoms with van der Waals surface area (Å²) in [5.41, 5.74) is -0.243. The van der Waals surface area contributed by atoms with Crippen LogP contribution in [0.2, 0.25) is 0 Å². The molecule has 0 saturated carbocycles. The third-order valence-electron chi connectivity index (χ3n) is 4.08. The minimum atomic E-state index is -0.773. The van der Waals surface area contributed by atoms with E-state index in [1.807, 2.05) is 20.8 Å². The van der Waals surface area contributed by atoms with Gasteiger partial charge in [0.1, 0.15) is 0 Å². The average molecular weight is 286 g/mol. The summed E-state index contributed by atoms with van der Waals surface area (Å²) in [5.74, 6) is -0.773. The minimum absolute atomic E-state index is 0.0789. The van der Waals surface area contributed by atoms with Crippen LogP contribution >= 0.6 is 0 Å². The Morgan fingerprint density at radius 2 is 1.60 bits per heavy atom. The van der Waals surface area contributed by atoms with Crippen LogP contribution in [0.4, 0.5) is 4.79 Å². The van der Waals surface area contributed by atoms with E-state index in [0.29, 0.717) is 13.0 Å². The highest BCUT2D eigenvalue weighted by molar-refractivity contribution is 5.74. The Bertz CT molecular complexity index is 323. The van der Waals surface area contributed by atoms with Gasteiger partial charge in [-0.1, -0.05) is 27.7 Å². The predicted molar refractivity (Wildman–Crippen MR) is 80.8 cm³/mol. The van der Waals surface area contributed by atoms with Crippen molar-refractivity contribution in [1.29, 1.82) is 0 Å². The molecule has 0 radical (unpaired) electrons. The molecule has 0 heterocycles.